The lowest BCUT2D eigenvalue weighted by Crippen LogP contribution is -2.43. The quantitative estimate of drug-likeness (QED) is 0.459. The van der Waals surface area contributed by atoms with Crippen molar-refractivity contribution in [2.75, 3.05) is 0 Å². The molecule has 0 atom stereocenters. The van der Waals surface area contributed by atoms with E-state index in [1.165, 1.54) is 6.42 Å². The van der Waals surface area contributed by atoms with Gasteiger partial charge in [0.25, 0.3) is 0 Å². The third-order valence-electron chi connectivity index (χ3n) is 1.35. The van der Waals surface area contributed by atoms with Crippen LogP contribution >= 0.6 is 0 Å². The van der Waals surface area contributed by atoms with Gasteiger partial charge in [-0.15, -0.1) is 0 Å². The lowest BCUT2D eigenvalue weighted by Gasteiger charge is -2.33. The summed E-state index contributed by atoms with van der Waals surface area (Å²) >= 11 is 0. The molecule has 0 aromatic heterocycles. The highest BCUT2D eigenvalue weighted by Gasteiger charge is 2.25. The zero-order valence-corrected chi connectivity index (χ0v) is 3.91. The summed E-state index contributed by atoms with van der Waals surface area (Å²) in [5.41, 5.74) is 5.48. The molecule has 6 heavy (non-hydrogen) atoms. The molecule has 1 saturated carbocycles. The molecule has 0 heterocycles. The Kier molecular flexibility index (Phi) is 0.667. The van der Waals surface area contributed by atoms with Crippen molar-refractivity contribution in [3.05, 3.63) is 6.92 Å². The van der Waals surface area contributed by atoms with Crippen molar-refractivity contribution in [1.29, 1.82) is 0 Å². The second-order valence-electron chi connectivity index (χ2n) is 2.22. The minimum Gasteiger partial charge on any atom is -0.325 e. The summed E-state index contributed by atoms with van der Waals surface area (Å²) < 4.78 is 0. The number of hydrogen-bond donors (Lipinski definition) is 1. The molecule has 1 fully saturated rings. The van der Waals surface area contributed by atoms with Crippen molar-refractivity contribution in [2.45, 2.75) is 24.8 Å². The van der Waals surface area contributed by atoms with Gasteiger partial charge in [0.2, 0.25) is 0 Å². The zero-order chi connectivity index (χ0) is 4.62. The maximum atomic E-state index is 5.51. The monoisotopic (exact) mass is 84.1 g/mol. The van der Waals surface area contributed by atoms with E-state index in [0.29, 0.717) is 0 Å². The van der Waals surface area contributed by atoms with E-state index in [1.807, 2.05) is 0 Å². The minimum atomic E-state index is -0.0278. The Morgan fingerprint density at radius 2 is 1.83 bits per heavy atom. The second-order valence-corrected chi connectivity index (χ2v) is 2.22. The predicted molar refractivity (Wildman–Crippen MR) is 26.1 cm³/mol. The first-order valence-electron chi connectivity index (χ1n) is 2.35. The second kappa shape index (κ2) is 0.969. The maximum absolute atomic E-state index is 5.51. The Bertz CT molecular complexity index is 51.0. The molecule has 1 aliphatic rings. The van der Waals surface area contributed by atoms with E-state index in [0.717, 1.165) is 12.8 Å². The van der Waals surface area contributed by atoms with Gasteiger partial charge in [-0.05, 0) is 26.2 Å². The van der Waals surface area contributed by atoms with Crippen LogP contribution < -0.4 is 5.73 Å². The van der Waals surface area contributed by atoms with Crippen molar-refractivity contribution >= 4 is 0 Å². The third kappa shape index (κ3) is 0.548. The third-order valence-corrected chi connectivity index (χ3v) is 1.35. The summed E-state index contributed by atoms with van der Waals surface area (Å²) in [6.45, 7) is 3.75. The maximum Gasteiger partial charge on any atom is 0.0155 e. The largest absolute Gasteiger partial charge is 0.325 e. The summed E-state index contributed by atoms with van der Waals surface area (Å²) in [5.74, 6) is 0. The molecule has 0 unspecified atom stereocenters. The fourth-order valence-electron chi connectivity index (χ4n) is 0.631. The van der Waals surface area contributed by atoms with Gasteiger partial charge in [-0.3, -0.25) is 0 Å². The van der Waals surface area contributed by atoms with E-state index in [2.05, 4.69) is 6.92 Å². The Hall–Kier alpha value is -0.0400. The summed E-state index contributed by atoms with van der Waals surface area (Å²) in [7, 11) is 0. The Balaban J connectivity index is 2.31. The standard InChI is InChI=1S/C5H10N/c1-5(6)3-2-4-5/h1-4,6H2. The molecule has 0 spiro atoms. The van der Waals surface area contributed by atoms with Crippen LogP contribution in [-0.4, -0.2) is 5.54 Å². The van der Waals surface area contributed by atoms with E-state index in [9.17, 15) is 0 Å². The molecule has 0 aliphatic heterocycles. The first kappa shape index (κ1) is 4.13. The molecule has 0 aromatic carbocycles. The van der Waals surface area contributed by atoms with E-state index >= 15 is 0 Å². The molecule has 2 N–H and O–H groups in total. The van der Waals surface area contributed by atoms with Gasteiger partial charge < -0.3 is 5.73 Å². The number of rotatable bonds is 0. The molecule has 1 heteroatoms. The Morgan fingerprint density at radius 3 is 1.83 bits per heavy atom. The van der Waals surface area contributed by atoms with Crippen LogP contribution in [0.25, 0.3) is 0 Å². The number of nitrogens with two attached hydrogens (primary N) is 1. The summed E-state index contributed by atoms with van der Waals surface area (Å²) in [6, 6.07) is 0. The van der Waals surface area contributed by atoms with Gasteiger partial charge in [0.05, 0.1) is 0 Å². The van der Waals surface area contributed by atoms with Crippen LogP contribution in [0.1, 0.15) is 19.3 Å². The van der Waals surface area contributed by atoms with Gasteiger partial charge in [-0.2, -0.15) is 0 Å². The molecule has 1 nitrogen and oxygen atoms in total. The van der Waals surface area contributed by atoms with Crippen LogP contribution in [0.5, 0.6) is 0 Å². The molecule has 0 bridgehead atoms. The minimum absolute atomic E-state index is 0.0278. The van der Waals surface area contributed by atoms with Gasteiger partial charge in [-0.1, -0.05) is 0 Å². The van der Waals surface area contributed by atoms with Crippen LogP contribution in [0.4, 0.5) is 0 Å². The van der Waals surface area contributed by atoms with E-state index in [1.54, 1.807) is 0 Å². The van der Waals surface area contributed by atoms with Gasteiger partial charge in [-0.25, -0.2) is 0 Å². The Morgan fingerprint density at radius 1 is 1.50 bits per heavy atom. The lowest BCUT2D eigenvalue weighted by molar-refractivity contribution is 0.314. The van der Waals surface area contributed by atoms with Gasteiger partial charge >= 0.3 is 0 Å². The van der Waals surface area contributed by atoms with Gasteiger partial charge in [0.15, 0.2) is 0 Å². The highest BCUT2D eigenvalue weighted by Crippen LogP contribution is 2.26. The van der Waals surface area contributed by atoms with Crippen LogP contribution in [0.15, 0.2) is 0 Å². The van der Waals surface area contributed by atoms with Crippen molar-refractivity contribution in [2.24, 2.45) is 5.73 Å². The predicted octanol–water partition coefficient (Wildman–Crippen LogP) is 0.702. The SMILES string of the molecule is [CH2]C1(N)CCC1. The molecule has 1 aliphatic carbocycles. The van der Waals surface area contributed by atoms with Crippen molar-refractivity contribution in [1.82, 2.24) is 0 Å². The van der Waals surface area contributed by atoms with Gasteiger partial charge in [0, 0.05) is 5.54 Å². The fourth-order valence-corrected chi connectivity index (χ4v) is 0.631. The molecule has 1 radical (unpaired) electrons. The summed E-state index contributed by atoms with van der Waals surface area (Å²) in [6.07, 6.45) is 3.51. The van der Waals surface area contributed by atoms with Crippen LogP contribution in [0.3, 0.4) is 0 Å². The molecular weight excluding hydrogens is 74.1 g/mol. The molecule has 0 amide bonds. The highest BCUT2D eigenvalue weighted by atomic mass is 14.7. The topological polar surface area (TPSA) is 26.0 Å². The molecular formula is C5H10N. The first-order chi connectivity index (χ1) is 2.71. The zero-order valence-electron chi connectivity index (χ0n) is 3.91. The molecule has 1 rings (SSSR count). The van der Waals surface area contributed by atoms with Crippen LogP contribution in [-0.2, 0) is 0 Å². The molecule has 0 aromatic rings. The Labute approximate surface area is 38.5 Å². The fraction of sp³-hybridized carbons (Fsp3) is 0.800. The summed E-state index contributed by atoms with van der Waals surface area (Å²) in [4.78, 5) is 0. The molecule has 35 valence electrons. The van der Waals surface area contributed by atoms with E-state index in [4.69, 9.17) is 5.73 Å². The van der Waals surface area contributed by atoms with E-state index in [-0.39, 0.29) is 5.54 Å². The highest BCUT2D eigenvalue weighted by molar-refractivity contribution is 4.94. The van der Waals surface area contributed by atoms with E-state index < -0.39 is 0 Å². The first-order valence-corrected chi connectivity index (χ1v) is 2.35. The van der Waals surface area contributed by atoms with Crippen LogP contribution in [0, 0.1) is 6.92 Å². The average molecular weight is 84.1 g/mol. The average Bonchev–Trinajstić information content (AvgIpc) is 1.32. The number of hydrogen-bond acceptors (Lipinski definition) is 1. The van der Waals surface area contributed by atoms with Crippen molar-refractivity contribution in [3.63, 3.8) is 0 Å². The smallest absolute Gasteiger partial charge is 0.0155 e. The van der Waals surface area contributed by atoms with Crippen molar-refractivity contribution < 1.29 is 0 Å². The lowest BCUT2D eigenvalue weighted by atomic mass is 9.80. The van der Waals surface area contributed by atoms with Crippen LogP contribution in [0.2, 0.25) is 0 Å². The normalized spacial score (nSPS) is 29.0. The molecule has 0 saturated heterocycles. The summed E-state index contributed by atoms with van der Waals surface area (Å²) in [5, 5.41) is 0. The van der Waals surface area contributed by atoms with Crippen molar-refractivity contribution in [3.8, 4) is 0 Å². The van der Waals surface area contributed by atoms with Gasteiger partial charge in [0.1, 0.15) is 0 Å².